The lowest BCUT2D eigenvalue weighted by molar-refractivity contribution is -0.136. The summed E-state index contributed by atoms with van der Waals surface area (Å²) in [5, 5.41) is 0. The molecular formula is C18H24FNO3. The monoisotopic (exact) mass is 321 g/mol. The van der Waals surface area contributed by atoms with Gasteiger partial charge < -0.3 is 14.4 Å². The van der Waals surface area contributed by atoms with Crippen LogP contribution in [0.3, 0.4) is 0 Å². The second-order valence-electron chi connectivity index (χ2n) is 6.42. The molecule has 1 amide bonds. The smallest absolute Gasteiger partial charge is 0.228 e. The summed E-state index contributed by atoms with van der Waals surface area (Å²) in [5.74, 6) is 1.22. The molecule has 0 aromatic heterocycles. The van der Waals surface area contributed by atoms with Crippen LogP contribution in [0.1, 0.15) is 25.7 Å². The predicted octanol–water partition coefficient (Wildman–Crippen LogP) is 2.87. The first kappa shape index (κ1) is 16.2. The van der Waals surface area contributed by atoms with Crippen molar-refractivity contribution in [2.24, 2.45) is 11.8 Å². The molecule has 2 saturated heterocycles. The van der Waals surface area contributed by atoms with Crippen molar-refractivity contribution in [2.45, 2.75) is 25.7 Å². The summed E-state index contributed by atoms with van der Waals surface area (Å²) >= 11 is 0. The molecule has 2 fully saturated rings. The molecule has 5 heteroatoms. The molecule has 0 spiro atoms. The van der Waals surface area contributed by atoms with Crippen LogP contribution in [-0.4, -0.2) is 43.7 Å². The summed E-state index contributed by atoms with van der Waals surface area (Å²) in [6.45, 7) is 3.56. The van der Waals surface area contributed by atoms with Gasteiger partial charge in [-0.1, -0.05) is 6.07 Å². The molecule has 2 heterocycles. The van der Waals surface area contributed by atoms with Gasteiger partial charge in [0.1, 0.15) is 11.6 Å². The van der Waals surface area contributed by atoms with Gasteiger partial charge in [-0.05, 0) is 43.7 Å². The van der Waals surface area contributed by atoms with E-state index in [-0.39, 0.29) is 17.6 Å². The molecule has 2 aliphatic rings. The van der Waals surface area contributed by atoms with Crippen LogP contribution in [0.4, 0.5) is 4.39 Å². The van der Waals surface area contributed by atoms with E-state index in [2.05, 4.69) is 0 Å². The molecule has 0 saturated carbocycles. The van der Waals surface area contributed by atoms with E-state index in [1.54, 1.807) is 12.1 Å². The van der Waals surface area contributed by atoms with Gasteiger partial charge in [0.15, 0.2) is 0 Å². The van der Waals surface area contributed by atoms with Crippen molar-refractivity contribution in [1.82, 2.24) is 4.90 Å². The number of benzene rings is 1. The fraction of sp³-hybridized carbons (Fsp3) is 0.611. The fourth-order valence-electron chi connectivity index (χ4n) is 3.33. The normalized spacial score (nSPS) is 22.3. The lowest BCUT2D eigenvalue weighted by Crippen LogP contribution is -2.42. The predicted molar refractivity (Wildman–Crippen MR) is 84.7 cm³/mol. The number of hydrogen-bond donors (Lipinski definition) is 0. The van der Waals surface area contributed by atoms with Crippen molar-refractivity contribution >= 4 is 5.91 Å². The fourth-order valence-corrected chi connectivity index (χ4v) is 3.33. The number of nitrogens with zero attached hydrogens (tertiary/aromatic N) is 1. The molecule has 0 unspecified atom stereocenters. The maximum Gasteiger partial charge on any atom is 0.228 e. The Labute approximate surface area is 136 Å². The Hall–Kier alpha value is -1.62. The molecule has 0 aliphatic carbocycles. The first-order valence-corrected chi connectivity index (χ1v) is 8.47. The Kier molecular flexibility index (Phi) is 5.49. The van der Waals surface area contributed by atoms with Crippen LogP contribution in [-0.2, 0) is 9.53 Å². The number of halogens is 1. The van der Waals surface area contributed by atoms with Crippen molar-refractivity contribution < 1.29 is 18.7 Å². The van der Waals surface area contributed by atoms with Crippen LogP contribution in [0.25, 0.3) is 0 Å². The van der Waals surface area contributed by atoms with E-state index in [0.717, 1.165) is 38.8 Å². The Balaban J connectivity index is 1.36. The standard InChI is InChI=1S/C18H24FNO3/c19-16-2-1-3-17(12-16)23-11-6-14-4-8-20(9-5-14)18(21)15-7-10-22-13-15/h1-3,12,14-15H,4-11,13H2/t15-/m1/s1. The number of carbonyl (C=O) groups is 1. The Bertz CT molecular complexity index is 523. The largest absolute Gasteiger partial charge is 0.493 e. The van der Waals surface area contributed by atoms with Gasteiger partial charge in [0.2, 0.25) is 5.91 Å². The van der Waals surface area contributed by atoms with E-state index in [0.29, 0.717) is 31.5 Å². The number of carbonyl (C=O) groups excluding carboxylic acids is 1. The highest BCUT2D eigenvalue weighted by Gasteiger charge is 2.30. The van der Waals surface area contributed by atoms with E-state index < -0.39 is 0 Å². The minimum atomic E-state index is -0.273. The van der Waals surface area contributed by atoms with Gasteiger partial charge >= 0.3 is 0 Å². The SMILES string of the molecule is O=C([C@@H]1CCOC1)N1CCC(CCOc2cccc(F)c2)CC1. The highest BCUT2D eigenvalue weighted by atomic mass is 19.1. The molecule has 1 atom stereocenters. The van der Waals surface area contributed by atoms with Crippen LogP contribution < -0.4 is 4.74 Å². The summed E-state index contributed by atoms with van der Waals surface area (Å²) in [4.78, 5) is 14.3. The summed E-state index contributed by atoms with van der Waals surface area (Å²) in [7, 11) is 0. The van der Waals surface area contributed by atoms with Crippen LogP contribution in [0.15, 0.2) is 24.3 Å². The topological polar surface area (TPSA) is 38.8 Å². The highest BCUT2D eigenvalue weighted by Crippen LogP contribution is 2.24. The van der Waals surface area contributed by atoms with Crippen LogP contribution >= 0.6 is 0 Å². The van der Waals surface area contributed by atoms with Gasteiger partial charge in [0.25, 0.3) is 0 Å². The minimum Gasteiger partial charge on any atom is -0.493 e. The number of rotatable bonds is 5. The van der Waals surface area contributed by atoms with Crippen LogP contribution in [0.2, 0.25) is 0 Å². The maximum atomic E-state index is 13.1. The number of ether oxygens (including phenoxy) is 2. The molecule has 0 radical (unpaired) electrons. The molecule has 23 heavy (non-hydrogen) atoms. The Morgan fingerprint density at radius 1 is 1.30 bits per heavy atom. The van der Waals surface area contributed by atoms with Gasteiger partial charge in [0, 0.05) is 25.8 Å². The third-order valence-corrected chi connectivity index (χ3v) is 4.80. The molecule has 0 bridgehead atoms. The number of likely N-dealkylation sites (tertiary alicyclic amines) is 1. The molecule has 3 rings (SSSR count). The van der Waals surface area contributed by atoms with Crippen LogP contribution in [0.5, 0.6) is 5.75 Å². The van der Waals surface area contributed by atoms with Gasteiger partial charge in [0.05, 0.1) is 19.1 Å². The number of hydrogen-bond acceptors (Lipinski definition) is 3. The molecule has 0 N–H and O–H groups in total. The lowest BCUT2D eigenvalue weighted by atomic mass is 9.93. The van der Waals surface area contributed by atoms with Crippen molar-refractivity contribution in [3.05, 3.63) is 30.1 Å². The number of amides is 1. The maximum absolute atomic E-state index is 13.1. The lowest BCUT2D eigenvalue weighted by Gasteiger charge is -2.33. The van der Waals surface area contributed by atoms with E-state index >= 15 is 0 Å². The van der Waals surface area contributed by atoms with Gasteiger partial charge in [-0.3, -0.25) is 4.79 Å². The van der Waals surface area contributed by atoms with Crippen molar-refractivity contribution in [1.29, 1.82) is 0 Å². The second-order valence-corrected chi connectivity index (χ2v) is 6.42. The van der Waals surface area contributed by atoms with Crippen LogP contribution in [0, 0.1) is 17.7 Å². The Morgan fingerprint density at radius 3 is 2.83 bits per heavy atom. The molecule has 1 aromatic carbocycles. The van der Waals surface area contributed by atoms with Gasteiger partial charge in [-0.2, -0.15) is 0 Å². The third kappa shape index (κ3) is 4.44. The average molecular weight is 321 g/mol. The van der Waals surface area contributed by atoms with Crippen molar-refractivity contribution in [3.8, 4) is 5.75 Å². The quantitative estimate of drug-likeness (QED) is 0.837. The summed E-state index contributed by atoms with van der Waals surface area (Å²) in [6, 6.07) is 6.25. The highest BCUT2D eigenvalue weighted by molar-refractivity contribution is 5.79. The van der Waals surface area contributed by atoms with Crippen molar-refractivity contribution in [3.63, 3.8) is 0 Å². The zero-order valence-corrected chi connectivity index (χ0v) is 13.4. The first-order valence-electron chi connectivity index (χ1n) is 8.47. The first-order chi connectivity index (χ1) is 11.2. The average Bonchev–Trinajstić information content (AvgIpc) is 3.09. The molecule has 126 valence electrons. The van der Waals surface area contributed by atoms with Gasteiger partial charge in [-0.25, -0.2) is 4.39 Å². The van der Waals surface area contributed by atoms with E-state index in [9.17, 15) is 9.18 Å². The summed E-state index contributed by atoms with van der Waals surface area (Å²) in [6.07, 6.45) is 3.85. The molecule has 1 aromatic rings. The summed E-state index contributed by atoms with van der Waals surface area (Å²) < 4.78 is 24.0. The van der Waals surface area contributed by atoms with Crippen molar-refractivity contribution in [2.75, 3.05) is 32.9 Å². The Morgan fingerprint density at radius 2 is 2.13 bits per heavy atom. The third-order valence-electron chi connectivity index (χ3n) is 4.80. The zero-order valence-electron chi connectivity index (χ0n) is 13.4. The van der Waals surface area contributed by atoms with E-state index in [1.807, 2.05) is 4.90 Å². The second kappa shape index (κ2) is 7.77. The molecule has 2 aliphatic heterocycles. The summed E-state index contributed by atoms with van der Waals surface area (Å²) in [5.41, 5.74) is 0. The molecular weight excluding hydrogens is 297 g/mol. The number of piperidine rings is 1. The molecule has 4 nitrogen and oxygen atoms in total. The zero-order chi connectivity index (χ0) is 16.1. The minimum absolute atomic E-state index is 0.0721. The van der Waals surface area contributed by atoms with E-state index in [4.69, 9.17) is 9.47 Å². The van der Waals surface area contributed by atoms with E-state index in [1.165, 1.54) is 12.1 Å². The van der Waals surface area contributed by atoms with Gasteiger partial charge in [-0.15, -0.1) is 0 Å².